The summed E-state index contributed by atoms with van der Waals surface area (Å²) in [5.41, 5.74) is 0.319. The lowest BCUT2D eigenvalue weighted by atomic mass is 10.1. The summed E-state index contributed by atoms with van der Waals surface area (Å²) in [5.74, 6) is -0.678. The zero-order valence-electron chi connectivity index (χ0n) is 13.4. The number of nitrogens with one attached hydrogen (secondary N) is 1. The lowest BCUT2D eigenvalue weighted by Gasteiger charge is -2.09. The Morgan fingerprint density at radius 3 is 2.48 bits per heavy atom. The number of benzene rings is 2. The van der Waals surface area contributed by atoms with Gasteiger partial charge in [-0.15, -0.1) is 0 Å². The zero-order chi connectivity index (χ0) is 18.4. The van der Waals surface area contributed by atoms with E-state index in [1.54, 1.807) is 18.2 Å². The SMILES string of the molecule is CCS(=O)(=O)c1ccccc1NC(=O)/C=C/c1ccccc1[N+](=O)[O-]. The molecule has 2 aromatic rings. The lowest BCUT2D eigenvalue weighted by molar-refractivity contribution is -0.385. The van der Waals surface area contributed by atoms with Gasteiger partial charge in [0.25, 0.3) is 5.69 Å². The summed E-state index contributed by atoms with van der Waals surface area (Å²) in [5, 5.41) is 13.4. The van der Waals surface area contributed by atoms with Crippen molar-refractivity contribution in [3.05, 3.63) is 70.3 Å². The minimum atomic E-state index is -3.49. The molecule has 0 atom stereocenters. The first-order valence-electron chi connectivity index (χ1n) is 7.39. The third kappa shape index (κ3) is 4.51. The number of carbonyl (C=O) groups is 1. The molecular weight excluding hydrogens is 344 g/mol. The van der Waals surface area contributed by atoms with Crippen molar-refractivity contribution < 1.29 is 18.1 Å². The van der Waals surface area contributed by atoms with Gasteiger partial charge in [-0.25, -0.2) is 8.42 Å². The van der Waals surface area contributed by atoms with Crippen LogP contribution in [0.3, 0.4) is 0 Å². The van der Waals surface area contributed by atoms with Crippen LogP contribution in [0.4, 0.5) is 11.4 Å². The third-order valence-corrected chi connectivity index (χ3v) is 5.19. The van der Waals surface area contributed by atoms with Gasteiger partial charge in [0.2, 0.25) is 5.91 Å². The Bertz CT molecular complexity index is 936. The molecule has 0 aromatic heterocycles. The molecule has 1 N–H and O–H groups in total. The Morgan fingerprint density at radius 1 is 1.16 bits per heavy atom. The molecule has 0 saturated heterocycles. The summed E-state index contributed by atoms with van der Waals surface area (Å²) in [7, 11) is -3.49. The standard InChI is InChI=1S/C17H16N2O5S/c1-2-25(23,24)16-10-6-4-8-14(16)18-17(20)12-11-13-7-3-5-9-15(13)19(21)22/h3-12H,2H2,1H3,(H,18,20)/b12-11+. The summed E-state index contributed by atoms with van der Waals surface area (Å²) < 4.78 is 24.1. The summed E-state index contributed by atoms with van der Waals surface area (Å²) in [4.78, 5) is 22.5. The van der Waals surface area contributed by atoms with Crippen LogP contribution in [0.2, 0.25) is 0 Å². The molecule has 0 aliphatic rings. The Morgan fingerprint density at radius 2 is 1.80 bits per heavy atom. The van der Waals surface area contributed by atoms with E-state index in [1.165, 1.54) is 43.3 Å². The van der Waals surface area contributed by atoms with Crippen LogP contribution in [-0.4, -0.2) is 25.0 Å². The maximum atomic E-state index is 12.1. The number of hydrogen-bond donors (Lipinski definition) is 1. The normalized spacial score (nSPS) is 11.4. The molecule has 1 amide bonds. The molecule has 8 heteroatoms. The van der Waals surface area contributed by atoms with E-state index in [2.05, 4.69) is 5.32 Å². The van der Waals surface area contributed by atoms with Gasteiger partial charge < -0.3 is 5.32 Å². The third-order valence-electron chi connectivity index (χ3n) is 3.41. The summed E-state index contributed by atoms with van der Waals surface area (Å²) in [6.07, 6.45) is 2.43. The summed E-state index contributed by atoms with van der Waals surface area (Å²) >= 11 is 0. The Labute approximate surface area is 145 Å². The van der Waals surface area contributed by atoms with Crippen LogP contribution in [0.25, 0.3) is 6.08 Å². The van der Waals surface area contributed by atoms with Crippen LogP contribution in [0.1, 0.15) is 12.5 Å². The molecule has 2 aromatic carbocycles. The van der Waals surface area contributed by atoms with Gasteiger partial charge in [0.1, 0.15) is 0 Å². The molecule has 0 spiro atoms. The quantitative estimate of drug-likeness (QED) is 0.484. The van der Waals surface area contributed by atoms with Crippen molar-refractivity contribution in [3.8, 4) is 0 Å². The van der Waals surface area contributed by atoms with Crippen LogP contribution >= 0.6 is 0 Å². The molecule has 0 heterocycles. The highest BCUT2D eigenvalue weighted by molar-refractivity contribution is 7.91. The first-order chi connectivity index (χ1) is 11.8. The minimum absolute atomic E-state index is 0.0324. The molecule has 0 saturated carbocycles. The number of rotatable bonds is 6. The fourth-order valence-electron chi connectivity index (χ4n) is 2.13. The monoisotopic (exact) mass is 360 g/mol. The molecule has 0 bridgehead atoms. The highest BCUT2D eigenvalue weighted by atomic mass is 32.2. The summed E-state index contributed by atoms with van der Waals surface area (Å²) in [6.45, 7) is 1.52. The van der Waals surface area contributed by atoms with E-state index in [0.29, 0.717) is 0 Å². The average molecular weight is 360 g/mol. The van der Waals surface area contributed by atoms with E-state index in [0.717, 1.165) is 6.08 Å². The van der Waals surface area contributed by atoms with Crippen LogP contribution in [0, 0.1) is 10.1 Å². The number of para-hydroxylation sites is 2. The van der Waals surface area contributed by atoms with Crippen molar-refractivity contribution in [2.75, 3.05) is 11.1 Å². The number of sulfone groups is 1. The fourth-order valence-corrected chi connectivity index (χ4v) is 3.18. The first-order valence-corrected chi connectivity index (χ1v) is 9.04. The topological polar surface area (TPSA) is 106 Å². The fraction of sp³-hybridized carbons (Fsp3) is 0.118. The Balaban J connectivity index is 2.24. The van der Waals surface area contributed by atoms with Gasteiger partial charge in [0, 0.05) is 12.1 Å². The molecule has 0 radical (unpaired) electrons. The zero-order valence-corrected chi connectivity index (χ0v) is 14.2. The highest BCUT2D eigenvalue weighted by Crippen LogP contribution is 2.22. The second kappa shape index (κ2) is 7.71. The molecule has 0 unspecified atom stereocenters. The van der Waals surface area contributed by atoms with Gasteiger partial charge >= 0.3 is 0 Å². The number of nitro benzene ring substituents is 1. The molecule has 0 aliphatic carbocycles. The number of nitrogens with zero attached hydrogens (tertiary/aromatic N) is 1. The van der Waals surface area contributed by atoms with E-state index in [4.69, 9.17) is 0 Å². The van der Waals surface area contributed by atoms with Crippen LogP contribution < -0.4 is 5.32 Å². The van der Waals surface area contributed by atoms with E-state index in [9.17, 15) is 23.3 Å². The van der Waals surface area contributed by atoms with E-state index >= 15 is 0 Å². The molecule has 2 rings (SSSR count). The largest absolute Gasteiger partial charge is 0.321 e. The molecule has 7 nitrogen and oxygen atoms in total. The van der Waals surface area contributed by atoms with Crippen molar-refractivity contribution >= 4 is 33.2 Å². The average Bonchev–Trinajstić information content (AvgIpc) is 2.60. The summed E-state index contributed by atoms with van der Waals surface area (Å²) in [6, 6.07) is 12.1. The van der Waals surface area contributed by atoms with Crippen LogP contribution in [0.15, 0.2) is 59.5 Å². The molecule has 0 aliphatic heterocycles. The van der Waals surface area contributed by atoms with Gasteiger partial charge in [0.05, 0.1) is 26.8 Å². The molecule has 0 fully saturated rings. The van der Waals surface area contributed by atoms with Crippen molar-refractivity contribution in [2.45, 2.75) is 11.8 Å². The van der Waals surface area contributed by atoms with E-state index < -0.39 is 20.7 Å². The number of hydrogen-bond acceptors (Lipinski definition) is 5. The maximum absolute atomic E-state index is 12.1. The van der Waals surface area contributed by atoms with Gasteiger partial charge in [-0.1, -0.05) is 31.2 Å². The van der Waals surface area contributed by atoms with E-state index in [-0.39, 0.29) is 27.6 Å². The lowest BCUT2D eigenvalue weighted by Crippen LogP contribution is -2.13. The van der Waals surface area contributed by atoms with Crippen LogP contribution in [0.5, 0.6) is 0 Å². The predicted molar refractivity (Wildman–Crippen MR) is 94.9 cm³/mol. The van der Waals surface area contributed by atoms with Gasteiger partial charge in [-0.2, -0.15) is 0 Å². The number of carbonyl (C=O) groups excluding carboxylic acids is 1. The Hall–Kier alpha value is -3.00. The Kier molecular flexibility index (Phi) is 5.66. The van der Waals surface area contributed by atoms with Crippen molar-refractivity contribution in [2.24, 2.45) is 0 Å². The molecular formula is C17H16N2O5S. The number of amides is 1. The smallest absolute Gasteiger partial charge is 0.276 e. The van der Waals surface area contributed by atoms with Crippen molar-refractivity contribution in [1.82, 2.24) is 0 Å². The molecule has 25 heavy (non-hydrogen) atoms. The first kappa shape index (κ1) is 18.3. The van der Waals surface area contributed by atoms with Crippen molar-refractivity contribution in [3.63, 3.8) is 0 Å². The van der Waals surface area contributed by atoms with Gasteiger partial charge in [0.15, 0.2) is 9.84 Å². The van der Waals surface area contributed by atoms with E-state index in [1.807, 2.05) is 0 Å². The minimum Gasteiger partial charge on any atom is -0.321 e. The molecule has 130 valence electrons. The van der Waals surface area contributed by atoms with Crippen molar-refractivity contribution in [1.29, 1.82) is 0 Å². The van der Waals surface area contributed by atoms with Gasteiger partial charge in [-0.3, -0.25) is 14.9 Å². The highest BCUT2D eigenvalue weighted by Gasteiger charge is 2.17. The number of anilines is 1. The maximum Gasteiger partial charge on any atom is 0.276 e. The predicted octanol–water partition coefficient (Wildman–Crippen LogP) is 3.04. The second-order valence-electron chi connectivity index (χ2n) is 5.04. The van der Waals surface area contributed by atoms with Gasteiger partial charge in [-0.05, 0) is 24.3 Å². The van der Waals surface area contributed by atoms with Crippen LogP contribution in [-0.2, 0) is 14.6 Å². The number of nitro groups is 1. The second-order valence-corrected chi connectivity index (χ2v) is 7.28.